The van der Waals surface area contributed by atoms with Gasteiger partial charge in [-0.1, -0.05) is 12.1 Å². The summed E-state index contributed by atoms with van der Waals surface area (Å²) in [6, 6.07) is 10.9. The van der Waals surface area contributed by atoms with Gasteiger partial charge in [-0.05, 0) is 43.2 Å². The molecule has 3 rings (SSSR count). The first kappa shape index (κ1) is 21.2. The molecule has 1 aliphatic rings. The van der Waals surface area contributed by atoms with Gasteiger partial charge in [0.1, 0.15) is 5.75 Å². The first-order chi connectivity index (χ1) is 14.3. The molecule has 1 heterocycles. The molecule has 0 aromatic heterocycles. The zero-order valence-corrected chi connectivity index (χ0v) is 16.5. The summed E-state index contributed by atoms with van der Waals surface area (Å²) in [7, 11) is 0. The number of ether oxygens (including phenoxy) is 1. The number of nitrogens with zero attached hydrogens (tertiary/aromatic N) is 2. The van der Waals surface area contributed by atoms with E-state index in [0.29, 0.717) is 19.6 Å². The number of rotatable bonds is 8. The molecule has 2 aromatic rings. The van der Waals surface area contributed by atoms with Crippen LogP contribution in [0.5, 0.6) is 5.75 Å². The van der Waals surface area contributed by atoms with E-state index in [2.05, 4.69) is 5.32 Å². The lowest BCUT2D eigenvalue weighted by atomic mass is 10.1. The Labute approximate surface area is 172 Å². The molecule has 1 fully saturated rings. The van der Waals surface area contributed by atoms with Gasteiger partial charge >= 0.3 is 5.69 Å². The summed E-state index contributed by atoms with van der Waals surface area (Å²) in [5.41, 5.74) is 0.597. The van der Waals surface area contributed by atoms with Gasteiger partial charge in [-0.15, -0.1) is 0 Å². The molecule has 0 aliphatic carbocycles. The number of hydrogen-bond donors (Lipinski definition) is 1. The summed E-state index contributed by atoms with van der Waals surface area (Å²) < 4.78 is 19.1. The molecule has 0 spiro atoms. The minimum Gasteiger partial charge on any atom is -0.494 e. The van der Waals surface area contributed by atoms with Gasteiger partial charge in [0.25, 0.3) is 0 Å². The molecule has 8 nitrogen and oxygen atoms in total. The van der Waals surface area contributed by atoms with Gasteiger partial charge in [0.2, 0.25) is 17.6 Å². The van der Waals surface area contributed by atoms with Crippen LogP contribution in [0.2, 0.25) is 0 Å². The Kier molecular flexibility index (Phi) is 6.61. The molecule has 9 heteroatoms. The van der Waals surface area contributed by atoms with Crippen molar-refractivity contribution in [3.05, 3.63) is 64.0 Å². The number of halogens is 1. The van der Waals surface area contributed by atoms with Crippen LogP contribution in [0, 0.1) is 28.8 Å². The molecular formula is C21H22FN3O5. The highest BCUT2D eigenvalue weighted by atomic mass is 19.1. The van der Waals surface area contributed by atoms with Gasteiger partial charge in [-0.3, -0.25) is 19.7 Å². The van der Waals surface area contributed by atoms with Crippen LogP contribution in [-0.4, -0.2) is 36.4 Å². The van der Waals surface area contributed by atoms with E-state index in [-0.39, 0.29) is 30.5 Å². The second kappa shape index (κ2) is 9.34. The lowest BCUT2D eigenvalue weighted by molar-refractivity contribution is -0.387. The quantitative estimate of drug-likeness (QED) is 0.406. The van der Waals surface area contributed by atoms with E-state index in [0.717, 1.165) is 23.4 Å². The Bertz CT molecular complexity index is 965. The van der Waals surface area contributed by atoms with Crippen molar-refractivity contribution in [3.63, 3.8) is 0 Å². The van der Waals surface area contributed by atoms with Crippen molar-refractivity contribution in [1.82, 2.24) is 5.32 Å². The Morgan fingerprint density at radius 3 is 2.87 bits per heavy atom. The number of carbonyl (C=O) groups excluding carboxylic acids is 2. The van der Waals surface area contributed by atoms with Crippen molar-refractivity contribution in [2.45, 2.75) is 19.8 Å². The molecule has 1 saturated heterocycles. The Hall–Kier alpha value is -3.49. The van der Waals surface area contributed by atoms with Crippen LogP contribution in [0.1, 0.15) is 18.4 Å². The lowest BCUT2D eigenvalue weighted by Crippen LogP contribution is -2.34. The van der Waals surface area contributed by atoms with E-state index in [1.54, 1.807) is 0 Å². The highest BCUT2D eigenvalue weighted by molar-refractivity contribution is 6.00. The van der Waals surface area contributed by atoms with Crippen LogP contribution in [0.4, 0.5) is 15.8 Å². The molecular weight excluding hydrogens is 393 g/mol. The molecule has 0 radical (unpaired) electrons. The van der Waals surface area contributed by atoms with Gasteiger partial charge in [-0.25, -0.2) is 0 Å². The van der Waals surface area contributed by atoms with E-state index >= 15 is 0 Å². The summed E-state index contributed by atoms with van der Waals surface area (Å²) in [5.74, 6) is -1.37. The molecule has 30 heavy (non-hydrogen) atoms. The second-order valence-electron chi connectivity index (χ2n) is 7.11. The van der Waals surface area contributed by atoms with Crippen LogP contribution in [0.3, 0.4) is 0 Å². The molecule has 1 aliphatic heterocycles. The van der Waals surface area contributed by atoms with Crippen molar-refractivity contribution in [1.29, 1.82) is 0 Å². The summed E-state index contributed by atoms with van der Waals surface area (Å²) in [6.07, 6.45) is 0.602. The van der Waals surface area contributed by atoms with Gasteiger partial charge in [-0.2, -0.15) is 4.39 Å². The summed E-state index contributed by atoms with van der Waals surface area (Å²) in [5, 5.41) is 13.7. The van der Waals surface area contributed by atoms with E-state index in [1.165, 1.54) is 11.0 Å². The largest absolute Gasteiger partial charge is 0.494 e. The third kappa shape index (κ3) is 5.11. The Morgan fingerprint density at radius 1 is 1.33 bits per heavy atom. The van der Waals surface area contributed by atoms with E-state index in [4.69, 9.17) is 4.74 Å². The average molecular weight is 415 g/mol. The summed E-state index contributed by atoms with van der Waals surface area (Å²) >= 11 is 0. The SMILES string of the molecule is Cc1cccc(OCCCNC(=O)C2CC(=O)N(c3ccc(F)c([N+](=O)[O-])c3)C2)c1. The number of nitro groups is 1. The monoisotopic (exact) mass is 415 g/mol. The van der Waals surface area contributed by atoms with Crippen molar-refractivity contribution in [3.8, 4) is 5.75 Å². The number of benzene rings is 2. The predicted octanol–water partition coefficient (Wildman–Crippen LogP) is 2.98. The second-order valence-corrected chi connectivity index (χ2v) is 7.11. The number of aryl methyl sites for hydroxylation is 1. The van der Waals surface area contributed by atoms with Crippen LogP contribution < -0.4 is 15.0 Å². The zero-order valence-electron chi connectivity index (χ0n) is 16.5. The highest BCUT2D eigenvalue weighted by Crippen LogP contribution is 2.29. The van der Waals surface area contributed by atoms with E-state index in [1.807, 2.05) is 31.2 Å². The number of anilines is 1. The molecule has 0 bridgehead atoms. The topological polar surface area (TPSA) is 102 Å². The number of nitro benzene ring substituents is 1. The number of carbonyl (C=O) groups is 2. The van der Waals surface area contributed by atoms with Crippen molar-refractivity contribution >= 4 is 23.2 Å². The van der Waals surface area contributed by atoms with Crippen LogP contribution in [0.25, 0.3) is 0 Å². The molecule has 2 amide bonds. The molecule has 1 atom stereocenters. The Balaban J connectivity index is 1.48. The maximum Gasteiger partial charge on any atom is 0.306 e. The first-order valence-corrected chi connectivity index (χ1v) is 9.56. The van der Waals surface area contributed by atoms with Crippen LogP contribution in [-0.2, 0) is 9.59 Å². The number of amides is 2. The minimum absolute atomic E-state index is 0.00318. The van der Waals surface area contributed by atoms with Crippen molar-refractivity contribution < 1.29 is 23.6 Å². The molecule has 2 aromatic carbocycles. The molecule has 1 N–H and O–H groups in total. The molecule has 1 unspecified atom stereocenters. The third-order valence-electron chi connectivity index (χ3n) is 4.81. The standard InChI is InChI=1S/C21H22FN3O5/c1-14-4-2-5-17(10-14)30-9-3-8-23-21(27)15-11-20(26)24(13-15)16-6-7-18(22)19(12-16)25(28)29/h2,4-7,10,12,15H,3,8-9,11,13H2,1H3,(H,23,27). The van der Waals surface area contributed by atoms with Crippen molar-refractivity contribution in [2.24, 2.45) is 5.92 Å². The van der Waals surface area contributed by atoms with E-state index < -0.39 is 22.3 Å². The Morgan fingerprint density at radius 2 is 2.13 bits per heavy atom. The minimum atomic E-state index is -0.974. The predicted molar refractivity (Wildman–Crippen MR) is 108 cm³/mol. The van der Waals surface area contributed by atoms with Gasteiger partial charge in [0, 0.05) is 25.6 Å². The van der Waals surface area contributed by atoms with Gasteiger partial charge in [0.05, 0.1) is 23.1 Å². The smallest absolute Gasteiger partial charge is 0.306 e. The van der Waals surface area contributed by atoms with Gasteiger partial charge < -0.3 is 15.0 Å². The van der Waals surface area contributed by atoms with Crippen LogP contribution >= 0.6 is 0 Å². The van der Waals surface area contributed by atoms with Gasteiger partial charge in [0.15, 0.2) is 0 Å². The third-order valence-corrected chi connectivity index (χ3v) is 4.81. The highest BCUT2D eigenvalue weighted by Gasteiger charge is 2.35. The first-order valence-electron chi connectivity index (χ1n) is 9.56. The maximum absolute atomic E-state index is 13.5. The fraction of sp³-hybridized carbons (Fsp3) is 0.333. The number of hydrogen-bond acceptors (Lipinski definition) is 5. The average Bonchev–Trinajstić information content (AvgIpc) is 3.09. The summed E-state index contributed by atoms with van der Waals surface area (Å²) in [6.45, 7) is 2.91. The number of nitrogens with one attached hydrogen (secondary N) is 1. The molecule has 0 saturated carbocycles. The maximum atomic E-state index is 13.5. The van der Waals surface area contributed by atoms with Crippen molar-refractivity contribution in [2.75, 3.05) is 24.6 Å². The fourth-order valence-corrected chi connectivity index (χ4v) is 3.26. The zero-order chi connectivity index (χ0) is 21.7. The summed E-state index contributed by atoms with van der Waals surface area (Å²) in [4.78, 5) is 36.0. The van der Waals surface area contributed by atoms with Crippen LogP contribution in [0.15, 0.2) is 42.5 Å². The lowest BCUT2D eigenvalue weighted by Gasteiger charge is -2.16. The fourth-order valence-electron chi connectivity index (χ4n) is 3.26. The van der Waals surface area contributed by atoms with E-state index in [9.17, 15) is 24.1 Å². The normalized spacial score (nSPS) is 15.9. The molecule has 158 valence electrons.